The van der Waals surface area contributed by atoms with Gasteiger partial charge >= 0.3 is 0 Å². The molecule has 0 aliphatic rings. The molecule has 0 fully saturated rings. The van der Waals surface area contributed by atoms with E-state index in [2.05, 4.69) is 10.5 Å². The Kier molecular flexibility index (Phi) is 4.84. The van der Waals surface area contributed by atoms with Gasteiger partial charge in [0, 0.05) is 17.2 Å². The first kappa shape index (κ1) is 16.8. The number of amides is 1. The molecule has 25 heavy (non-hydrogen) atoms. The summed E-state index contributed by atoms with van der Waals surface area (Å²) in [4.78, 5) is 12.3. The number of nitrogens with zero attached hydrogens (tertiary/aromatic N) is 1. The average molecular weight is 336 g/mol. The number of carbonyl (C=O) groups excluding carboxylic acids is 1. The van der Waals surface area contributed by atoms with Crippen LogP contribution in [0.15, 0.2) is 59.1 Å². The molecule has 1 amide bonds. The molecule has 0 atom stereocenters. The summed E-state index contributed by atoms with van der Waals surface area (Å²) in [5.74, 6) is 0.777. The van der Waals surface area contributed by atoms with Crippen molar-refractivity contribution in [2.75, 3.05) is 5.32 Å². The number of benzene rings is 2. The van der Waals surface area contributed by atoms with Crippen molar-refractivity contribution in [1.29, 1.82) is 0 Å². The molecule has 1 aromatic heterocycles. The molecule has 1 N–H and O–H groups in total. The monoisotopic (exact) mass is 336 g/mol. The van der Waals surface area contributed by atoms with Crippen LogP contribution >= 0.6 is 0 Å². The molecule has 0 saturated carbocycles. The van der Waals surface area contributed by atoms with Crippen LogP contribution < -0.4 is 10.1 Å². The zero-order chi connectivity index (χ0) is 17.8. The molecule has 5 heteroatoms. The lowest BCUT2D eigenvalue weighted by atomic mass is 10.1. The maximum Gasteiger partial charge on any atom is 0.258 e. The summed E-state index contributed by atoms with van der Waals surface area (Å²) in [7, 11) is 0. The van der Waals surface area contributed by atoms with Gasteiger partial charge in [0.25, 0.3) is 5.91 Å². The minimum Gasteiger partial charge on any atom is -0.491 e. The number of carbonyl (C=O) groups is 1. The van der Waals surface area contributed by atoms with Gasteiger partial charge in [-0.2, -0.15) is 0 Å². The molecule has 0 bridgehead atoms. The minimum absolute atomic E-state index is 0.0917. The Labute approximate surface area is 146 Å². The van der Waals surface area contributed by atoms with Gasteiger partial charge in [0.1, 0.15) is 11.4 Å². The highest BCUT2D eigenvalue weighted by molar-refractivity contribution is 6.03. The van der Waals surface area contributed by atoms with Crippen LogP contribution in [-0.4, -0.2) is 17.2 Å². The van der Waals surface area contributed by atoms with E-state index in [1.165, 1.54) is 5.56 Å². The lowest BCUT2D eigenvalue weighted by Gasteiger charge is -2.09. The van der Waals surface area contributed by atoms with E-state index in [9.17, 15) is 4.79 Å². The highest BCUT2D eigenvalue weighted by atomic mass is 16.5. The summed E-state index contributed by atoms with van der Waals surface area (Å²) in [6.45, 7) is 5.93. The van der Waals surface area contributed by atoms with Gasteiger partial charge in [0.05, 0.1) is 6.10 Å². The van der Waals surface area contributed by atoms with Crippen LogP contribution in [0.1, 0.15) is 29.8 Å². The standard InChI is InChI=1S/C20H20N2O3/c1-13(2)24-17-10-8-16(9-11-17)20(23)21-19-12-18(22-25-19)15-6-4-14(3)5-7-15/h4-13H,1-3H3,(H,21,23). The largest absolute Gasteiger partial charge is 0.491 e. The predicted molar refractivity (Wildman–Crippen MR) is 96.8 cm³/mol. The fourth-order valence-corrected chi connectivity index (χ4v) is 2.34. The van der Waals surface area contributed by atoms with Crippen molar-refractivity contribution in [1.82, 2.24) is 5.16 Å². The zero-order valence-electron chi connectivity index (χ0n) is 14.4. The lowest BCUT2D eigenvalue weighted by Crippen LogP contribution is -2.11. The molecular weight excluding hydrogens is 316 g/mol. The molecular formula is C20H20N2O3. The summed E-state index contributed by atoms with van der Waals surface area (Å²) in [6, 6.07) is 16.6. The van der Waals surface area contributed by atoms with Crippen molar-refractivity contribution in [3.05, 3.63) is 65.7 Å². The fraction of sp³-hybridized carbons (Fsp3) is 0.200. The Morgan fingerprint density at radius 2 is 1.76 bits per heavy atom. The normalized spacial score (nSPS) is 10.7. The van der Waals surface area contributed by atoms with Gasteiger partial charge in [-0.05, 0) is 45.0 Å². The molecule has 0 aliphatic heterocycles. The van der Waals surface area contributed by atoms with Gasteiger partial charge in [-0.1, -0.05) is 35.0 Å². The van der Waals surface area contributed by atoms with Crippen molar-refractivity contribution < 1.29 is 14.1 Å². The first-order valence-electron chi connectivity index (χ1n) is 8.13. The maximum atomic E-state index is 12.3. The van der Waals surface area contributed by atoms with Crippen LogP contribution in [0.2, 0.25) is 0 Å². The van der Waals surface area contributed by atoms with Crippen molar-refractivity contribution in [2.24, 2.45) is 0 Å². The Bertz CT molecular complexity index is 849. The molecule has 2 aromatic carbocycles. The van der Waals surface area contributed by atoms with E-state index in [4.69, 9.17) is 9.26 Å². The summed E-state index contributed by atoms with van der Waals surface area (Å²) in [5, 5.41) is 6.71. The third-order valence-corrected chi connectivity index (χ3v) is 3.58. The van der Waals surface area contributed by atoms with E-state index in [1.54, 1.807) is 30.3 Å². The van der Waals surface area contributed by atoms with Crippen molar-refractivity contribution >= 4 is 11.8 Å². The van der Waals surface area contributed by atoms with E-state index < -0.39 is 0 Å². The van der Waals surface area contributed by atoms with Crippen LogP contribution in [0.3, 0.4) is 0 Å². The summed E-state index contributed by atoms with van der Waals surface area (Å²) < 4.78 is 10.8. The van der Waals surface area contributed by atoms with Crippen LogP contribution in [0.5, 0.6) is 5.75 Å². The zero-order valence-corrected chi connectivity index (χ0v) is 14.4. The third kappa shape index (κ3) is 4.26. The number of ether oxygens (including phenoxy) is 1. The second-order valence-electron chi connectivity index (χ2n) is 6.09. The summed E-state index contributed by atoms with van der Waals surface area (Å²) >= 11 is 0. The molecule has 5 nitrogen and oxygen atoms in total. The van der Waals surface area contributed by atoms with Gasteiger partial charge < -0.3 is 9.26 Å². The van der Waals surface area contributed by atoms with Crippen LogP contribution in [0.4, 0.5) is 5.88 Å². The minimum atomic E-state index is -0.261. The highest BCUT2D eigenvalue weighted by Gasteiger charge is 2.11. The molecule has 128 valence electrons. The van der Waals surface area contributed by atoms with Crippen molar-refractivity contribution in [3.63, 3.8) is 0 Å². The van der Waals surface area contributed by atoms with Crippen molar-refractivity contribution in [2.45, 2.75) is 26.9 Å². The first-order valence-corrected chi connectivity index (χ1v) is 8.13. The smallest absolute Gasteiger partial charge is 0.258 e. The Morgan fingerprint density at radius 3 is 2.40 bits per heavy atom. The molecule has 0 radical (unpaired) electrons. The van der Waals surface area contributed by atoms with Gasteiger partial charge in [-0.15, -0.1) is 0 Å². The first-order chi connectivity index (χ1) is 12.0. The quantitative estimate of drug-likeness (QED) is 0.734. The molecule has 0 spiro atoms. The highest BCUT2D eigenvalue weighted by Crippen LogP contribution is 2.22. The van der Waals surface area contributed by atoms with Crippen molar-refractivity contribution in [3.8, 4) is 17.0 Å². The number of aryl methyl sites for hydroxylation is 1. The van der Waals surface area contributed by atoms with E-state index in [1.807, 2.05) is 45.0 Å². The van der Waals surface area contributed by atoms with E-state index in [0.717, 1.165) is 11.3 Å². The topological polar surface area (TPSA) is 64.4 Å². The fourth-order valence-electron chi connectivity index (χ4n) is 2.34. The average Bonchev–Trinajstić information content (AvgIpc) is 3.04. The molecule has 3 rings (SSSR count). The number of hydrogen-bond donors (Lipinski definition) is 1. The summed E-state index contributed by atoms with van der Waals surface area (Å²) in [5.41, 5.74) is 3.30. The molecule has 3 aromatic rings. The second-order valence-corrected chi connectivity index (χ2v) is 6.09. The Balaban J connectivity index is 1.68. The van der Waals surface area contributed by atoms with Crippen LogP contribution in [-0.2, 0) is 0 Å². The number of hydrogen-bond acceptors (Lipinski definition) is 4. The molecule has 1 heterocycles. The molecule has 0 saturated heterocycles. The summed E-state index contributed by atoms with van der Waals surface area (Å²) in [6.07, 6.45) is 0.0917. The van der Waals surface area contributed by atoms with Crippen LogP contribution in [0, 0.1) is 6.92 Å². The van der Waals surface area contributed by atoms with Gasteiger partial charge in [-0.25, -0.2) is 0 Å². The van der Waals surface area contributed by atoms with Gasteiger partial charge in [0.2, 0.25) is 5.88 Å². The number of aromatic nitrogens is 1. The van der Waals surface area contributed by atoms with E-state index in [-0.39, 0.29) is 12.0 Å². The maximum absolute atomic E-state index is 12.3. The Morgan fingerprint density at radius 1 is 1.08 bits per heavy atom. The predicted octanol–water partition coefficient (Wildman–Crippen LogP) is 4.69. The van der Waals surface area contributed by atoms with Gasteiger partial charge in [0.15, 0.2) is 0 Å². The SMILES string of the molecule is Cc1ccc(-c2cc(NC(=O)c3ccc(OC(C)C)cc3)on2)cc1. The lowest BCUT2D eigenvalue weighted by molar-refractivity contribution is 0.102. The third-order valence-electron chi connectivity index (χ3n) is 3.58. The molecule has 0 unspecified atom stereocenters. The molecule has 0 aliphatic carbocycles. The van der Waals surface area contributed by atoms with Crippen LogP contribution in [0.25, 0.3) is 11.3 Å². The van der Waals surface area contributed by atoms with E-state index in [0.29, 0.717) is 17.1 Å². The number of nitrogens with one attached hydrogen (secondary N) is 1. The van der Waals surface area contributed by atoms with Gasteiger partial charge in [-0.3, -0.25) is 10.1 Å². The second kappa shape index (κ2) is 7.21. The number of anilines is 1. The number of rotatable bonds is 5. The Hall–Kier alpha value is -3.08. The van der Waals surface area contributed by atoms with E-state index >= 15 is 0 Å².